The van der Waals surface area contributed by atoms with Crippen LogP contribution in [0.3, 0.4) is 0 Å². The third-order valence-corrected chi connectivity index (χ3v) is 5.59. The fraction of sp³-hybridized carbons (Fsp3) is 0.154. The Balaban J connectivity index is 1.36. The van der Waals surface area contributed by atoms with E-state index in [9.17, 15) is 9.59 Å². The SMILES string of the molecule is O=C(C=Cc1cccc(Oc2ccccc2)c1)N1C(=O)OC2(CC2)C1c1ccccc1. The number of carbonyl (C=O) groups excluding carboxylic acids is 2. The lowest BCUT2D eigenvalue weighted by Crippen LogP contribution is -2.34. The number of hydrogen-bond donors (Lipinski definition) is 0. The number of imide groups is 1. The number of rotatable bonds is 5. The van der Waals surface area contributed by atoms with Crippen molar-refractivity contribution < 1.29 is 19.1 Å². The molecule has 2 amide bonds. The van der Waals surface area contributed by atoms with E-state index < -0.39 is 23.6 Å². The number of nitrogens with zero attached hydrogens (tertiary/aromatic N) is 1. The Morgan fingerprint density at radius 2 is 1.61 bits per heavy atom. The summed E-state index contributed by atoms with van der Waals surface area (Å²) in [5.41, 5.74) is 1.13. The van der Waals surface area contributed by atoms with Crippen molar-refractivity contribution in [1.82, 2.24) is 4.90 Å². The molecule has 3 aromatic rings. The Morgan fingerprint density at radius 1 is 0.935 bits per heavy atom. The molecule has 0 aromatic heterocycles. The highest BCUT2D eigenvalue weighted by Crippen LogP contribution is 2.56. The summed E-state index contributed by atoms with van der Waals surface area (Å²) in [5.74, 6) is 1.01. The number of hydrogen-bond acceptors (Lipinski definition) is 4. The van der Waals surface area contributed by atoms with Gasteiger partial charge in [0.1, 0.15) is 23.1 Å². The molecule has 5 rings (SSSR count). The Hall–Kier alpha value is -3.86. The van der Waals surface area contributed by atoms with Crippen LogP contribution in [0, 0.1) is 0 Å². The minimum atomic E-state index is -0.581. The van der Waals surface area contributed by atoms with Gasteiger partial charge < -0.3 is 9.47 Å². The molecular formula is C26H21NO4. The Bertz CT molecular complexity index is 1140. The third kappa shape index (κ3) is 3.82. The molecule has 2 aliphatic rings. The van der Waals surface area contributed by atoms with Gasteiger partial charge >= 0.3 is 6.09 Å². The first-order valence-corrected chi connectivity index (χ1v) is 10.3. The summed E-state index contributed by atoms with van der Waals surface area (Å²) in [4.78, 5) is 26.8. The third-order valence-electron chi connectivity index (χ3n) is 5.59. The van der Waals surface area contributed by atoms with Gasteiger partial charge in [0.05, 0.1) is 0 Å². The van der Waals surface area contributed by atoms with Crippen molar-refractivity contribution in [2.24, 2.45) is 0 Å². The maximum absolute atomic E-state index is 13.0. The van der Waals surface area contributed by atoms with Crippen LogP contribution < -0.4 is 4.74 Å². The fourth-order valence-corrected chi connectivity index (χ4v) is 3.98. The van der Waals surface area contributed by atoms with E-state index in [4.69, 9.17) is 9.47 Å². The molecule has 5 nitrogen and oxygen atoms in total. The highest BCUT2D eigenvalue weighted by Gasteiger charge is 2.63. The molecule has 3 aromatic carbocycles. The van der Waals surface area contributed by atoms with Crippen LogP contribution in [0.2, 0.25) is 0 Å². The number of amides is 2. The Kier molecular flexibility index (Phi) is 4.79. The summed E-state index contributed by atoms with van der Waals surface area (Å²) in [6.07, 6.45) is 4.06. The molecule has 154 valence electrons. The second-order valence-corrected chi connectivity index (χ2v) is 7.78. The van der Waals surface area contributed by atoms with Crippen molar-refractivity contribution in [3.05, 3.63) is 102 Å². The predicted octanol–water partition coefficient (Wildman–Crippen LogP) is 5.74. The molecule has 1 spiro atoms. The average molecular weight is 411 g/mol. The number of ether oxygens (including phenoxy) is 2. The fourth-order valence-electron chi connectivity index (χ4n) is 3.98. The van der Waals surface area contributed by atoms with Gasteiger partial charge in [0, 0.05) is 6.08 Å². The van der Waals surface area contributed by atoms with Gasteiger partial charge in [0.25, 0.3) is 5.91 Å². The van der Waals surface area contributed by atoms with E-state index in [-0.39, 0.29) is 0 Å². The van der Waals surface area contributed by atoms with Crippen molar-refractivity contribution in [3.63, 3.8) is 0 Å². The zero-order valence-electron chi connectivity index (χ0n) is 16.8. The van der Waals surface area contributed by atoms with Crippen LogP contribution in [-0.4, -0.2) is 22.5 Å². The van der Waals surface area contributed by atoms with E-state index in [2.05, 4.69) is 0 Å². The minimum absolute atomic E-state index is 0.392. The smallest absolute Gasteiger partial charge is 0.418 e. The van der Waals surface area contributed by atoms with E-state index in [1.807, 2.05) is 84.9 Å². The summed E-state index contributed by atoms with van der Waals surface area (Å²) in [6.45, 7) is 0. The summed E-state index contributed by atoms with van der Waals surface area (Å²) >= 11 is 0. The first kappa shape index (κ1) is 19.1. The van der Waals surface area contributed by atoms with Crippen LogP contribution in [-0.2, 0) is 9.53 Å². The van der Waals surface area contributed by atoms with E-state index in [1.165, 1.54) is 11.0 Å². The molecule has 1 heterocycles. The predicted molar refractivity (Wildman–Crippen MR) is 116 cm³/mol. The van der Waals surface area contributed by atoms with E-state index in [1.54, 1.807) is 6.08 Å². The molecule has 1 aliphatic heterocycles. The zero-order valence-corrected chi connectivity index (χ0v) is 16.8. The Morgan fingerprint density at radius 3 is 2.32 bits per heavy atom. The maximum atomic E-state index is 13.0. The zero-order chi connectivity index (χ0) is 21.3. The van der Waals surface area contributed by atoms with E-state index >= 15 is 0 Å². The number of para-hydroxylation sites is 1. The van der Waals surface area contributed by atoms with Gasteiger partial charge in [-0.3, -0.25) is 4.79 Å². The van der Waals surface area contributed by atoms with Crippen molar-refractivity contribution in [2.75, 3.05) is 0 Å². The normalized spacial score (nSPS) is 18.9. The van der Waals surface area contributed by atoms with Crippen LogP contribution in [0.15, 0.2) is 91.0 Å². The molecule has 2 fully saturated rings. The highest BCUT2D eigenvalue weighted by atomic mass is 16.6. The standard InChI is InChI=1S/C26H21NO4/c28-23(15-14-19-8-7-13-22(18-19)30-21-11-5-2-6-12-21)27-24(20-9-3-1-4-10-20)26(16-17-26)31-25(27)29/h1-15,18,24H,16-17H2. The molecule has 31 heavy (non-hydrogen) atoms. The van der Waals surface area contributed by atoms with Crippen LogP contribution in [0.1, 0.15) is 30.0 Å². The molecule has 1 aliphatic carbocycles. The van der Waals surface area contributed by atoms with Gasteiger partial charge in [0.15, 0.2) is 0 Å². The molecule has 1 atom stereocenters. The summed E-state index contributed by atoms with van der Waals surface area (Å²) < 4.78 is 11.5. The number of benzene rings is 3. The number of carbonyl (C=O) groups is 2. The van der Waals surface area contributed by atoms with Gasteiger partial charge in [-0.15, -0.1) is 0 Å². The van der Waals surface area contributed by atoms with Gasteiger partial charge in [-0.25, -0.2) is 9.69 Å². The molecular weight excluding hydrogens is 390 g/mol. The van der Waals surface area contributed by atoms with Gasteiger partial charge in [0.2, 0.25) is 0 Å². The lowest BCUT2D eigenvalue weighted by atomic mass is 9.99. The van der Waals surface area contributed by atoms with Gasteiger partial charge in [-0.2, -0.15) is 0 Å². The van der Waals surface area contributed by atoms with E-state index in [0.717, 1.165) is 29.7 Å². The van der Waals surface area contributed by atoms with Crippen molar-refractivity contribution in [2.45, 2.75) is 24.5 Å². The monoisotopic (exact) mass is 411 g/mol. The van der Waals surface area contributed by atoms with Crippen LogP contribution >= 0.6 is 0 Å². The average Bonchev–Trinajstić information content (AvgIpc) is 3.50. The Labute approximate surface area is 180 Å². The van der Waals surface area contributed by atoms with Crippen molar-refractivity contribution in [1.29, 1.82) is 0 Å². The second kappa shape index (κ2) is 7.76. The lowest BCUT2D eigenvalue weighted by molar-refractivity contribution is -0.124. The lowest BCUT2D eigenvalue weighted by Gasteiger charge is -2.22. The topological polar surface area (TPSA) is 55.8 Å². The summed E-state index contributed by atoms with van der Waals surface area (Å²) in [7, 11) is 0. The molecule has 0 N–H and O–H groups in total. The summed E-state index contributed by atoms with van der Waals surface area (Å²) in [5, 5.41) is 0. The highest BCUT2D eigenvalue weighted by molar-refractivity contribution is 6.02. The molecule has 1 saturated heterocycles. The first-order chi connectivity index (χ1) is 15.1. The van der Waals surface area contributed by atoms with Gasteiger partial charge in [-0.05, 0) is 54.3 Å². The van der Waals surface area contributed by atoms with Crippen LogP contribution in [0.25, 0.3) is 6.08 Å². The quantitative estimate of drug-likeness (QED) is 0.502. The largest absolute Gasteiger partial charge is 0.457 e. The van der Waals surface area contributed by atoms with Crippen LogP contribution in [0.4, 0.5) is 4.79 Å². The van der Waals surface area contributed by atoms with Gasteiger partial charge in [-0.1, -0.05) is 60.7 Å². The van der Waals surface area contributed by atoms with Crippen molar-refractivity contribution >= 4 is 18.1 Å². The summed E-state index contributed by atoms with van der Waals surface area (Å²) in [6, 6.07) is 26.1. The molecule has 1 unspecified atom stereocenters. The first-order valence-electron chi connectivity index (χ1n) is 10.3. The molecule has 1 saturated carbocycles. The second-order valence-electron chi connectivity index (χ2n) is 7.78. The maximum Gasteiger partial charge on any atom is 0.418 e. The molecule has 0 bridgehead atoms. The van der Waals surface area contributed by atoms with Crippen molar-refractivity contribution in [3.8, 4) is 11.5 Å². The van der Waals surface area contributed by atoms with Crippen LogP contribution in [0.5, 0.6) is 11.5 Å². The molecule has 0 radical (unpaired) electrons. The minimum Gasteiger partial charge on any atom is -0.457 e. The molecule has 5 heteroatoms. The van der Waals surface area contributed by atoms with E-state index in [0.29, 0.717) is 5.75 Å².